The highest BCUT2D eigenvalue weighted by molar-refractivity contribution is 5.62. The maximum Gasteiger partial charge on any atom is 0.0346 e. The molecule has 0 amide bonds. The molecule has 0 fully saturated rings. The standard InChI is InChI=1S/C10H13N/c1-2-6-10(11)9-7-4-3-5-8-9/h3-8H,2,11H2,1H3/b10-6+. The van der Waals surface area contributed by atoms with Crippen LogP contribution in [-0.4, -0.2) is 0 Å². The van der Waals surface area contributed by atoms with Crippen molar-refractivity contribution in [3.8, 4) is 0 Å². The first kappa shape index (κ1) is 7.86. The smallest absolute Gasteiger partial charge is 0.0346 e. The van der Waals surface area contributed by atoms with E-state index in [9.17, 15) is 0 Å². The third kappa shape index (κ3) is 2.11. The molecule has 1 heteroatoms. The molecule has 2 N–H and O–H groups in total. The maximum absolute atomic E-state index is 5.77. The van der Waals surface area contributed by atoms with E-state index in [4.69, 9.17) is 5.73 Å². The number of rotatable bonds is 2. The average Bonchev–Trinajstić information content (AvgIpc) is 2.07. The van der Waals surface area contributed by atoms with Crippen LogP contribution >= 0.6 is 0 Å². The summed E-state index contributed by atoms with van der Waals surface area (Å²) in [5, 5.41) is 0. The van der Waals surface area contributed by atoms with E-state index in [2.05, 4.69) is 6.92 Å². The molecule has 0 atom stereocenters. The highest BCUT2D eigenvalue weighted by Crippen LogP contribution is 2.07. The van der Waals surface area contributed by atoms with Crippen molar-refractivity contribution in [2.45, 2.75) is 13.3 Å². The Hall–Kier alpha value is -1.24. The minimum absolute atomic E-state index is 0.869. The maximum atomic E-state index is 5.77. The van der Waals surface area contributed by atoms with Gasteiger partial charge in [0.2, 0.25) is 0 Å². The van der Waals surface area contributed by atoms with Gasteiger partial charge < -0.3 is 5.73 Å². The van der Waals surface area contributed by atoms with Crippen molar-refractivity contribution in [2.75, 3.05) is 0 Å². The lowest BCUT2D eigenvalue weighted by atomic mass is 10.1. The molecule has 11 heavy (non-hydrogen) atoms. The van der Waals surface area contributed by atoms with Gasteiger partial charge in [-0.1, -0.05) is 43.3 Å². The molecule has 0 unspecified atom stereocenters. The van der Waals surface area contributed by atoms with E-state index < -0.39 is 0 Å². The van der Waals surface area contributed by atoms with Gasteiger partial charge in [0.1, 0.15) is 0 Å². The first-order valence-electron chi connectivity index (χ1n) is 3.85. The van der Waals surface area contributed by atoms with Gasteiger partial charge in [-0.05, 0) is 12.0 Å². The van der Waals surface area contributed by atoms with Crippen molar-refractivity contribution in [1.82, 2.24) is 0 Å². The molecule has 58 valence electrons. The summed E-state index contributed by atoms with van der Waals surface area (Å²) < 4.78 is 0. The number of benzene rings is 1. The van der Waals surface area contributed by atoms with E-state index in [1.165, 1.54) is 0 Å². The van der Waals surface area contributed by atoms with Gasteiger partial charge in [-0.15, -0.1) is 0 Å². The normalized spacial score (nSPS) is 11.5. The second-order valence-electron chi connectivity index (χ2n) is 2.43. The number of nitrogens with two attached hydrogens (primary N) is 1. The van der Waals surface area contributed by atoms with Crippen molar-refractivity contribution in [3.05, 3.63) is 42.0 Å². The van der Waals surface area contributed by atoms with Crippen LogP contribution < -0.4 is 5.73 Å². The van der Waals surface area contributed by atoms with E-state index >= 15 is 0 Å². The summed E-state index contributed by atoms with van der Waals surface area (Å²) >= 11 is 0. The van der Waals surface area contributed by atoms with Crippen LogP contribution in [0.5, 0.6) is 0 Å². The second kappa shape index (κ2) is 3.81. The Bertz CT molecular complexity index is 236. The van der Waals surface area contributed by atoms with Crippen molar-refractivity contribution in [3.63, 3.8) is 0 Å². The Morgan fingerprint density at radius 1 is 1.36 bits per heavy atom. The fraction of sp³-hybridized carbons (Fsp3) is 0.200. The molecule has 0 spiro atoms. The largest absolute Gasteiger partial charge is 0.399 e. The molecule has 0 heterocycles. The molecule has 1 aromatic carbocycles. The van der Waals surface area contributed by atoms with Crippen LogP contribution in [0.3, 0.4) is 0 Å². The summed E-state index contributed by atoms with van der Waals surface area (Å²) in [5.41, 5.74) is 7.74. The van der Waals surface area contributed by atoms with Gasteiger partial charge in [0.25, 0.3) is 0 Å². The Morgan fingerprint density at radius 3 is 2.55 bits per heavy atom. The molecule has 0 aliphatic rings. The predicted octanol–water partition coefficient (Wildman–Crippen LogP) is 2.40. The van der Waals surface area contributed by atoms with Crippen LogP contribution in [0.15, 0.2) is 36.4 Å². The lowest BCUT2D eigenvalue weighted by Crippen LogP contribution is -1.94. The number of hydrogen-bond acceptors (Lipinski definition) is 1. The molecule has 0 saturated heterocycles. The SMILES string of the molecule is CC/C=C(/N)c1ccccc1. The molecule has 0 radical (unpaired) electrons. The second-order valence-corrected chi connectivity index (χ2v) is 2.43. The molecule has 0 aliphatic heterocycles. The monoisotopic (exact) mass is 147 g/mol. The van der Waals surface area contributed by atoms with Crippen molar-refractivity contribution in [2.24, 2.45) is 5.73 Å². The number of hydrogen-bond donors (Lipinski definition) is 1. The highest BCUT2D eigenvalue weighted by atomic mass is 14.6. The van der Waals surface area contributed by atoms with Crippen molar-refractivity contribution in [1.29, 1.82) is 0 Å². The molecule has 0 aromatic heterocycles. The molecule has 1 nitrogen and oxygen atoms in total. The summed E-state index contributed by atoms with van der Waals surface area (Å²) in [5.74, 6) is 0. The fourth-order valence-electron chi connectivity index (χ4n) is 0.968. The lowest BCUT2D eigenvalue weighted by molar-refractivity contribution is 1.22. The Labute approximate surface area is 67.5 Å². The van der Waals surface area contributed by atoms with Crippen molar-refractivity contribution >= 4 is 5.70 Å². The molecule has 0 aliphatic carbocycles. The van der Waals surface area contributed by atoms with Crippen LogP contribution in [0.2, 0.25) is 0 Å². The van der Waals surface area contributed by atoms with Crippen LogP contribution in [0.4, 0.5) is 0 Å². The minimum atomic E-state index is 0.869. The summed E-state index contributed by atoms with van der Waals surface area (Å²) in [4.78, 5) is 0. The van der Waals surface area contributed by atoms with Gasteiger partial charge in [-0.25, -0.2) is 0 Å². The van der Waals surface area contributed by atoms with Gasteiger partial charge in [-0.2, -0.15) is 0 Å². The summed E-state index contributed by atoms with van der Waals surface area (Å²) in [6.45, 7) is 2.08. The molecule has 1 aromatic rings. The summed E-state index contributed by atoms with van der Waals surface area (Å²) in [6, 6.07) is 10.0. The predicted molar refractivity (Wildman–Crippen MR) is 48.9 cm³/mol. The van der Waals surface area contributed by atoms with Gasteiger partial charge in [0, 0.05) is 5.70 Å². The van der Waals surface area contributed by atoms with E-state index in [-0.39, 0.29) is 0 Å². The van der Waals surface area contributed by atoms with E-state index in [0.717, 1.165) is 17.7 Å². The third-order valence-electron chi connectivity index (χ3n) is 1.53. The molecule has 0 saturated carbocycles. The Balaban J connectivity index is 2.85. The van der Waals surface area contributed by atoms with Gasteiger partial charge in [0.05, 0.1) is 0 Å². The average molecular weight is 147 g/mol. The van der Waals surface area contributed by atoms with Crippen molar-refractivity contribution < 1.29 is 0 Å². The quantitative estimate of drug-likeness (QED) is 0.683. The molecule has 1 rings (SSSR count). The molecular weight excluding hydrogens is 134 g/mol. The molecule has 0 bridgehead atoms. The first-order valence-corrected chi connectivity index (χ1v) is 3.85. The lowest BCUT2D eigenvalue weighted by Gasteiger charge is -1.98. The minimum Gasteiger partial charge on any atom is -0.399 e. The highest BCUT2D eigenvalue weighted by Gasteiger charge is 1.90. The summed E-state index contributed by atoms with van der Waals surface area (Å²) in [7, 11) is 0. The molecular formula is C10H13N. The topological polar surface area (TPSA) is 26.0 Å². The third-order valence-corrected chi connectivity index (χ3v) is 1.53. The Kier molecular flexibility index (Phi) is 2.73. The van der Waals surface area contributed by atoms with Gasteiger partial charge in [0.15, 0.2) is 0 Å². The van der Waals surface area contributed by atoms with Gasteiger partial charge in [-0.3, -0.25) is 0 Å². The van der Waals surface area contributed by atoms with Crippen LogP contribution in [0, 0.1) is 0 Å². The zero-order valence-electron chi connectivity index (χ0n) is 6.75. The Morgan fingerprint density at radius 2 is 2.00 bits per heavy atom. The fourth-order valence-corrected chi connectivity index (χ4v) is 0.968. The van der Waals surface area contributed by atoms with Gasteiger partial charge >= 0.3 is 0 Å². The van der Waals surface area contributed by atoms with E-state index in [1.807, 2.05) is 36.4 Å². The van der Waals surface area contributed by atoms with Crippen LogP contribution in [0.1, 0.15) is 18.9 Å². The van der Waals surface area contributed by atoms with Crippen LogP contribution in [0.25, 0.3) is 5.70 Å². The van der Waals surface area contributed by atoms with E-state index in [0.29, 0.717) is 0 Å². The number of allylic oxidation sites excluding steroid dienone is 1. The zero-order chi connectivity index (χ0) is 8.10. The van der Waals surface area contributed by atoms with Crippen LogP contribution in [-0.2, 0) is 0 Å². The summed E-state index contributed by atoms with van der Waals surface area (Å²) in [6.07, 6.45) is 3.01. The first-order chi connectivity index (χ1) is 5.34. The van der Waals surface area contributed by atoms with E-state index in [1.54, 1.807) is 0 Å². The zero-order valence-corrected chi connectivity index (χ0v) is 6.75.